The topological polar surface area (TPSA) is 108 Å². The highest BCUT2D eigenvalue weighted by Crippen LogP contribution is 2.41. The van der Waals surface area contributed by atoms with E-state index in [4.69, 9.17) is 9.47 Å². The molecule has 0 atom stereocenters. The van der Waals surface area contributed by atoms with Gasteiger partial charge < -0.3 is 14.8 Å². The number of carbonyl (C=O) groups is 2. The van der Waals surface area contributed by atoms with Crippen LogP contribution in [0.1, 0.15) is 61.9 Å². The Kier molecular flexibility index (Phi) is 7.68. The molecule has 33 heavy (non-hydrogen) atoms. The van der Waals surface area contributed by atoms with Gasteiger partial charge in [0.1, 0.15) is 11.3 Å². The third kappa shape index (κ3) is 5.50. The zero-order valence-electron chi connectivity index (χ0n) is 19.3. The molecule has 1 fully saturated rings. The van der Waals surface area contributed by atoms with Crippen molar-refractivity contribution in [1.29, 1.82) is 0 Å². The Balaban J connectivity index is 1.90. The van der Waals surface area contributed by atoms with E-state index in [1.165, 1.54) is 19.2 Å². The lowest BCUT2D eigenvalue weighted by molar-refractivity contribution is -0.384. The van der Waals surface area contributed by atoms with E-state index in [-0.39, 0.29) is 23.1 Å². The molecule has 1 amide bonds. The Morgan fingerprint density at radius 3 is 2.33 bits per heavy atom. The summed E-state index contributed by atoms with van der Waals surface area (Å²) >= 11 is 0. The van der Waals surface area contributed by atoms with E-state index in [2.05, 4.69) is 5.32 Å². The highest BCUT2D eigenvalue weighted by atomic mass is 16.6. The second-order valence-electron chi connectivity index (χ2n) is 8.81. The summed E-state index contributed by atoms with van der Waals surface area (Å²) in [6.45, 7) is 4.46. The number of ether oxygens (including phenoxy) is 2. The van der Waals surface area contributed by atoms with Crippen LogP contribution in [-0.4, -0.2) is 30.5 Å². The predicted molar refractivity (Wildman–Crippen MR) is 125 cm³/mol. The molecule has 1 saturated carbocycles. The van der Waals surface area contributed by atoms with E-state index in [0.29, 0.717) is 30.9 Å². The van der Waals surface area contributed by atoms with Gasteiger partial charge in [-0.1, -0.05) is 45.2 Å². The minimum absolute atomic E-state index is 0.00942. The van der Waals surface area contributed by atoms with Crippen molar-refractivity contribution < 1.29 is 24.0 Å². The Bertz CT molecular complexity index is 1010. The number of methoxy groups -OCH3 is 1. The molecular weight excluding hydrogens is 424 g/mol. The van der Waals surface area contributed by atoms with Crippen molar-refractivity contribution in [2.75, 3.05) is 19.0 Å². The van der Waals surface area contributed by atoms with Gasteiger partial charge in [-0.15, -0.1) is 0 Å². The molecule has 2 aromatic rings. The van der Waals surface area contributed by atoms with Gasteiger partial charge in [-0.2, -0.15) is 0 Å². The predicted octanol–water partition coefficient (Wildman–Crippen LogP) is 5.26. The van der Waals surface area contributed by atoms with Gasteiger partial charge in [-0.25, -0.2) is 4.79 Å². The van der Waals surface area contributed by atoms with E-state index in [1.807, 2.05) is 13.8 Å². The maximum absolute atomic E-state index is 13.6. The Labute approximate surface area is 193 Å². The van der Waals surface area contributed by atoms with E-state index >= 15 is 0 Å². The number of hydrogen-bond acceptors (Lipinski definition) is 6. The summed E-state index contributed by atoms with van der Waals surface area (Å²) in [5, 5.41) is 14.0. The highest BCUT2D eigenvalue weighted by Gasteiger charge is 2.41. The van der Waals surface area contributed by atoms with Gasteiger partial charge in [0.15, 0.2) is 0 Å². The lowest BCUT2D eigenvalue weighted by Gasteiger charge is -2.36. The summed E-state index contributed by atoms with van der Waals surface area (Å²) in [6, 6.07) is 11.1. The first-order valence-electron chi connectivity index (χ1n) is 11.2. The van der Waals surface area contributed by atoms with Gasteiger partial charge in [0.05, 0.1) is 24.1 Å². The molecule has 0 radical (unpaired) electrons. The maximum Gasteiger partial charge on any atom is 0.341 e. The molecule has 0 saturated heterocycles. The van der Waals surface area contributed by atoms with E-state index in [1.54, 1.807) is 30.3 Å². The number of benzene rings is 2. The van der Waals surface area contributed by atoms with Gasteiger partial charge in [0, 0.05) is 17.8 Å². The van der Waals surface area contributed by atoms with Crippen LogP contribution in [0.25, 0.3) is 0 Å². The second-order valence-corrected chi connectivity index (χ2v) is 8.81. The van der Waals surface area contributed by atoms with Crippen molar-refractivity contribution in [1.82, 2.24) is 0 Å². The molecule has 0 unspecified atom stereocenters. The number of nitro groups is 1. The average molecular weight is 455 g/mol. The monoisotopic (exact) mass is 454 g/mol. The fourth-order valence-corrected chi connectivity index (χ4v) is 4.21. The van der Waals surface area contributed by atoms with Crippen LogP contribution in [0.5, 0.6) is 5.75 Å². The van der Waals surface area contributed by atoms with Gasteiger partial charge in [0.2, 0.25) is 5.91 Å². The fraction of sp³-hybridized carbons (Fsp3) is 0.440. The number of nitrogens with one attached hydrogen (secondary N) is 1. The highest BCUT2D eigenvalue weighted by molar-refractivity contribution is 6.01. The number of non-ortho nitro benzene ring substituents is 1. The summed E-state index contributed by atoms with van der Waals surface area (Å²) in [7, 11) is 1.30. The molecule has 1 aliphatic rings. The number of nitrogens with zero attached hydrogens (tertiary/aromatic N) is 1. The lowest BCUT2D eigenvalue weighted by atomic mass is 9.68. The van der Waals surface area contributed by atoms with Crippen molar-refractivity contribution in [2.45, 2.75) is 51.4 Å². The largest absolute Gasteiger partial charge is 0.492 e. The standard InChI is InChI=1S/C25H30N2O6/c1-17(2)16-33-22-12-9-19(15-21(22)23(28)32-3)26-24(29)25(13-5-4-6-14-25)18-7-10-20(11-8-18)27(30)31/h7-12,15,17H,4-6,13-14,16H2,1-3H3,(H,26,29). The van der Waals surface area contributed by atoms with E-state index in [9.17, 15) is 19.7 Å². The van der Waals surface area contributed by atoms with Gasteiger partial charge in [-0.05, 0) is 42.5 Å². The Morgan fingerprint density at radius 2 is 1.76 bits per heavy atom. The molecule has 2 aromatic carbocycles. The number of amides is 1. The van der Waals surface area contributed by atoms with Crippen LogP contribution in [0.3, 0.4) is 0 Å². The van der Waals surface area contributed by atoms with E-state index < -0.39 is 16.3 Å². The molecule has 1 aliphatic carbocycles. The molecule has 0 bridgehead atoms. The molecule has 0 aliphatic heterocycles. The normalized spacial score (nSPS) is 15.0. The summed E-state index contributed by atoms with van der Waals surface area (Å²) in [5.41, 5.74) is 0.666. The van der Waals surface area contributed by atoms with Crippen LogP contribution < -0.4 is 10.1 Å². The van der Waals surface area contributed by atoms with Gasteiger partial charge in [-0.3, -0.25) is 14.9 Å². The maximum atomic E-state index is 13.6. The molecule has 0 spiro atoms. The number of esters is 1. The van der Waals surface area contributed by atoms with Gasteiger partial charge in [0.25, 0.3) is 5.69 Å². The third-order valence-corrected chi connectivity index (χ3v) is 5.99. The van der Waals surface area contributed by atoms with Crippen LogP contribution in [0.4, 0.5) is 11.4 Å². The van der Waals surface area contributed by atoms with Crippen LogP contribution in [0.15, 0.2) is 42.5 Å². The zero-order valence-corrected chi connectivity index (χ0v) is 19.3. The summed E-state index contributed by atoms with van der Waals surface area (Å²) in [6.07, 6.45) is 4.11. The van der Waals surface area contributed by atoms with Crippen molar-refractivity contribution >= 4 is 23.3 Å². The van der Waals surface area contributed by atoms with Gasteiger partial charge >= 0.3 is 5.97 Å². The molecular formula is C25H30N2O6. The number of anilines is 1. The molecule has 3 rings (SSSR count). The molecule has 0 aromatic heterocycles. The van der Waals surface area contributed by atoms with Crippen LogP contribution in [0, 0.1) is 16.0 Å². The van der Waals surface area contributed by atoms with Crippen LogP contribution in [-0.2, 0) is 14.9 Å². The van der Waals surface area contributed by atoms with Crippen molar-refractivity contribution in [2.24, 2.45) is 5.92 Å². The molecule has 0 heterocycles. The first-order valence-corrected chi connectivity index (χ1v) is 11.2. The second kappa shape index (κ2) is 10.5. The lowest BCUT2D eigenvalue weighted by Crippen LogP contribution is -2.42. The van der Waals surface area contributed by atoms with Crippen LogP contribution in [0.2, 0.25) is 0 Å². The van der Waals surface area contributed by atoms with Crippen LogP contribution >= 0.6 is 0 Å². The fourth-order valence-electron chi connectivity index (χ4n) is 4.21. The first kappa shape index (κ1) is 24.2. The molecule has 8 nitrogen and oxygen atoms in total. The molecule has 1 N–H and O–H groups in total. The Hall–Kier alpha value is -3.42. The minimum atomic E-state index is -0.786. The number of rotatable bonds is 8. The molecule has 8 heteroatoms. The number of carbonyl (C=O) groups excluding carboxylic acids is 2. The zero-order chi connectivity index (χ0) is 24.0. The first-order chi connectivity index (χ1) is 15.8. The van der Waals surface area contributed by atoms with E-state index in [0.717, 1.165) is 24.8 Å². The average Bonchev–Trinajstić information content (AvgIpc) is 2.83. The third-order valence-electron chi connectivity index (χ3n) is 5.99. The molecule has 176 valence electrons. The summed E-state index contributed by atoms with van der Waals surface area (Å²) in [4.78, 5) is 36.5. The number of nitro benzene ring substituents is 1. The quantitative estimate of drug-likeness (QED) is 0.331. The SMILES string of the molecule is COC(=O)c1cc(NC(=O)C2(c3ccc([N+](=O)[O-])cc3)CCCCC2)ccc1OCC(C)C. The Morgan fingerprint density at radius 1 is 1.09 bits per heavy atom. The smallest absolute Gasteiger partial charge is 0.341 e. The number of hydrogen-bond donors (Lipinski definition) is 1. The van der Waals surface area contributed by atoms with Crippen molar-refractivity contribution in [3.05, 3.63) is 63.7 Å². The van der Waals surface area contributed by atoms with Crippen molar-refractivity contribution in [3.8, 4) is 5.75 Å². The van der Waals surface area contributed by atoms with Crippen molar-refractivity contribution in [3.63, 3.8) is 0 Å². The summed E-state index contributed by atoms with van der Waals surface area (Å²) < 4.78 is 10.6. The minimum Gasteiger partial charge on any atom is -0.492 e. The summed E-state index contributed by atoms with van der Waals surface area (Å²) in [5.74, 6) is -0.0608.